The zero-order chi connectivity index (χ0) is 17.1. The number of ether oxygens (including phenoxy) is 1. The second kappa shape index (κ2) is 11.7. The molecule has 6 heteroatoms. The molecule has 0 aliphatic carbocycles. The van der Waals surface area contributed by atoms with Crippen LogP contribution in [0.2, 0.25) is 0 Å². The fourth-order valence-electron chi connectivity index (χ4n) is 1.95. The van der Waals surface area contributed by atoms with Crippen LogP contribution in [0.1, 0.15) is 47.5 Å². The molecule has 22 heavy (non-hydrogen) atoms. The first kappa shape index (κ1) is 21.2. The number of halogens is 1. The van der Waals surface area contributed by atoms with Gasteiger partial charge in [0.25, 0.3) is 0 Å². The maximum atomic E-state index is 13.4. The molecule has 0 aliphatic heterocycles. The Bertz CT molecular complexity index is 351. The van der Waals surface area contributed by atoms with Gasteiger partial charge in [0.05, 0.1) is 12.5 Å². The van der Waals surface area contributed by atoms with Gasteiger partial charge in [0.1, 0.15) is 6.17 Å². The van der Waals surface area contributed by atoms with Gasteiger partial charge < -0.3 is 10.1 Å². The number of alkyl halides is 1. The van der Waals surface area contributed by atoms with Crippen LogP contribution in [0.5, 0.6) is 0 Å². The van der Waals surface area contributed by atoms with Crippen molar-refractivity contribution in [1.82, 2.24) is 5.32 Å². The number of rotatable bonds is 9. The van der Waals surface area contributed by atoms with Crippen LogP contribution in [0.4, 0.5) is 4.39 Å². The van der Waals surface area contributed by atoms with Crippen molar-refractivity contribution in [3.05, 3.63) is 0 Å². The Hall–Kier alpha value is -0.780. The van der Waals surface area contributed by atoms with Crippen LogP contribution in [0.15, 0.2) is 4.99 Å². The topological polar surface area (TPSA) is 50.7 Å². The van der Waals surface area contributed by atoms with Gasteiger partial charge >= 0.3 is 5.97 Å². The van der Waals surface area contributed by atoms with Crippen molar-refractivity contribution in [3.8, 4) is 0 Å². The first-order valence-electron chi connectivity index (χ1n) is 8.05. The number of nitrogens with zero attached hydrogens (tertiary/aromatic N) is 1. The number of aliphatic imine (C=N–C) groups is 1. The van der Waals surface area contributed by atoms with Crippen LogP contribution in [-0.4, -0.2) is 42.8 Å². The number of hydrogen-bond acceptors (Lipinski definition) is 4. The van der Waals surface area contributed by atoms with Gasteiger partial charge in [-0.1, -0.05) is 39.0 Å². The smallest absolute Gasteiger partial charge is 0.310 e. The van der Waals surface area contributed by atoms with E-state index in [9.17, 15) is 9.18 Å². The lowest BCUT2D eigenvalue weighted by atomic mass is 10.0. The van der Waals surface area contributed by atoms with Gasteiger partial charge in [-0.2, -0.15) is 0 Å². The Kier molecular flexibility index (Phi) is 11.3. The lowest BCUT2D eigenvalue weighted by Gasteiger charge is -2.22. The van der Waals surface area contributed by atoms with Crippen LogP contribution in [0, 0.1) is 11.8 Å². The third kappa shape index (κ3) is 8.01. The minimum absolute atomic E-state index is 0.0555. The van der Waals surface area contributed by atoms with Crippen LogP contribution in [0.25, 0.3) is 0 Å². The molecule has 0 aromatic heterocycles. The lowest BCUT2D eigenvalue weighted by Crippen LogP contribution is -2.34. The molecule has 0 aromatic carbocycles. The summed E-state index contributed by atoms with van der Waals surface area (Å²) in [5, 5.41) is 4.06. The van der Waals surface area contributed by atoms with Crippen molar-refractivity contribution in [2.75, 3.05) is 20.2 Å². The molecule has 4 atom stereocenters. The van der Waals surface area contributed by atoms with Crippen LogP contribution in [0.3, 0.4) is 0 Å². The highest BCUT2D eigenvalue weighted by molar-refractivity contribution is 8.14. The van der Waals surface area contributed by atoms with E-state index < -0.39 is 6.17 Å². The predicted octanol–water partition coefficient (Wildman–Crippen LogP) is 3.66. The number of carbonyl (C=O) groups excluding carboxylic acids is 1. The number of thioether (sulfide) groups is 1. The third-order valence-electron chi connectivity index (χ3n) is 3.72. The number of nitrogens with one attached hydrogen (secondary N) is 1. The van der Waals surface area contributed by atoms with E-state index in [-0.39, 0.29) is 23.1 Å². The summed E-state index contributed by atoms with van der Waals surface area (Å²) in [6, 6.07) is 0. The summed E-state index contributed by atoms with van der Waals surface area (Å²) in [6.45, 7) is 10.2. The van der Waals surface area contributed by atoms with Crippen molar-refractivity contribution in [2.24, 2.45) is 16.8 Å². The molecule has 0 radical (unpaired) electrons. The molecule has 0 spiro atoms. The minimum atomic E-state index is -0.854. The van der Waals surface area contributed by atoms with E-state index >= 15 is 0 Å². The largest absolute Gasteiger partial charge is 0.466 e. The molecule has 3 unspecified atom stereocenters. The lowest BCUT2D eigenvalue weighted by molar-refractivity contribution is -0.148. The molecule has 0 fully saturated rings. The van der Waals surface area contributed by atoms with Gasteiger partial charge in [-0.05, 0) is 26.2 Å². The molecular formula is C16H31FN2O2S. The molecule has 0 saturated heterocycles. The minimum Gasteiger partial charge on any atom is -0.466 e. The van der Waals surface area contributed by atoms with Crippen molar-refractivity contribution in [3.63, 3.8) is 0 Å². The molecule has 0 rings (SSSR count). The number of amidine groups is 1. The summed E-state index contributed by atoms with van der Waals surface area (Å²) in [7, 11) is 1.70. The summed E-state index contributed by atoms with van der Waals surface area (Å²) in [6.07, 6.45) is 0.845. The molecule has 0 aliphatic rings. The maximum Gasteiger partial charge on any atom is 0.310 e. The number of carbonyl (C=O) groups is 1. The zero-order valence-corrected chi connectivity index (χ0v) is 15.5. The second-order valence-electron chi connectivity index (χ2n) is 5.51. The molecule has 4 nitrogen and oxygen atoms in total. The van der Waals surface area contributed by atoms with Crippen LogP contribution >= 0.6 is 11.8 Å². The highest BCUT2D eigenvalue weighted by Crippen LogP contribution is 2.24. The quantitative estimate of drug-likeness (QED) is 0.397. The fraction of sp³-hybridized carbons (Fsp3) is 0.875. The predicted molar refractivity (Wildman–Crippen MR) is 93.2 cm³/mol. The molecule has 0 amide bonds. The van der Waals surface area contributed by atoms with Gasteiger partial charge in [-0.3, -0.25) is 9.79 Å². The summed E-state index contributed by atoms with van der Waals surface area (Å²) < 4.78 is 18.5. The van der Waals surface area contributed by atoms with Crippen LogP contribution in [-0.2, 0) is 9.53 Å². The van der Waals surface area contributed by atoms with Crippen molar-refractivity contribution in [1.29, 1.82) is 0 Å². The Labute approximate surface area is 138 Å². The standard InChI is InChI=1S/C16H31FN2O2S/c1-7-9-14(15(20)21-8-2)10-19-16(18-6)22-13(5)11(3)12(4)17/h11-14H,7-10H2,1-6H3,(H,18,19)/t11-,12?,13?,14?/m1/s1. The Morgan fingerprint density at radius 3 is 2.41 bits per heavy atom. The Morgan fingerprint density at radius 2 is 1.95 bits per heavy atom. The molecule has 0 aromatic rings. The van der Waals surface area contributed by atoms with E-state index in [1.54, 1.807) is 14.0 Å². The zero-order valence-electron chi connectivity index (χ0n) is 14.7. The van der Waals surface area contributed by atoms with Crippen molar-refractivity contribution >= 4 is 22.9 Å². The number of esters is 1. The van der Waals surface area contributed by atoms with Gasteiger partial charge in [-0.25, -0.2) is 4.39 Å². The summed E-state index contributed by atoms with van der Waals surface area (Å²) in [5.41, 5.74) is 0. The van der Waals surface area contributed by atoms with Gasteiger partial charge in [0.2, 0.25) is 0 Å². The molecule has 0 bridgehead atoms. The highest BCUT2D eigenvalue weighted by Gasteiger charge is 2.23. The second-order valence-corrected chi connectivity index (χ2v) is 6.87. The third-order valence-corrected chi connectivity index (χ3v) is 5.07. The first-order valence-corrected chi connectivity index (χ1v) is 8.93. The van der Waals surface area contributed by atoms with Crippen molar-refractivity contribution in [2.45, 2.75) is 58.9 Å². The SMILES string of the molecule is CCCC(CN/C(=N/C)SC(C)[C@H](C)C(C)F)C(=O)OCC. The Morgan fingerprint density at radius 1 is 1.32 bits per heavy atom. The van der Waals surface area contributed by atoms with E-state index in [1.165, 1.54) is 11.8 Å². The maximum absolute atomic E-state index is 13.4. The van der Waals surface area contributed by atoms with E-state index in [0.717, 1.165) is 18.0 Å². The average Bonchev–Trinajstić information content (AvgIpc) is 2.48. The number of hydrogen-bond donors (Lipinski definition) is 1. The average molecular weight is 335 g/mol. The van der Waals surface area contributed by atoms with E-state index in [1.807, 2.05) is 27.7 Å². The van der Waals surface area contributed by atoms with Gasteiger partial charge in [-0.15, -0.1) is 0 Å². The molecule has 0 heterocycles. The molecular weight excluding hydrogens is 303 g/mol. The van der Waals surface area contributed by atoms with E-state index in [2.05, 4.69) is 10.3 Å². The fourth-order valence-corrected chi connectivity index (χ4v) is 3.01. The van der Waals surface area contributed by atoms with Gasteiger partial charge in [0.15, 0.2) is 5.17 Å². The molecule has 130 valence electrons. The molecule has 0 saturated carbocycles. The Balaban J connectivity index is 4.51. The normalized spacial score (nSPS) is 17.5. The van der Waals surface area contributed by atoms with Crippen LogP contribution < -0.4 is 5.32 Å². The monoisotopic (exact) mass is 334 g/mol. The summed E-state index contributed by atoms with van der Waals surface area (Å²) >= 11 is 1.51. The van der Waals surface area contributed by atoms with Crippen molar-refractivity contribution < 1.29 is 13.9 Å². The first-order chi connectivity index (χ1) is 10.4. The summed E-state index contributed by atoms with van der Waals surface area (Å²) in [4.78, 5) is 16.1. The van der Waals surface area contributed by atoms with E-state index in [0.29, 0.717) is 13.2 Å². The highest BCUT2D eigenvalue weighted by atomic mass is 32.2. The van der Waals surface area contributed by atoms with Gasteiger partial charge in [0, 0.05) is 18.8 Å². The molecule has 1 N–H and O–H groups in total. The summed E-state index contributed by atoms with van der Waals surface area (Å²) in [5.74, 6) is -0.397. The van der Waals surface area contributed by atoms with E-state index in [4.69, 9.17) is 4.74 Å².